The second-order valence-electron chi connectivity index (χ2n) is 5.54. The molecular weight excluding hydrogens is 238 g/mol. The van der Waals surface area contributed by atoms with E-state index in [-0.39, 0.29) is 5.56 Å². The number of aromatic nitrogens is 2. The maximum absolute atomic E-state index is 11.9. The topological polar surface area (TPSA) is 46.9 Å². The zero-order chi connectivity index (χ0) is 13.5. The van der Waals surface area contributed by atoms with E-state index in [1.54, 1.807) is 16.9 Å². The molecular formula is C15H25N3O. The van der Waals surface area contributed by atoms with Crippen LogP contribution in [0.2, 0.25) is 0 Å². The van der Waals surface area contributed by atoms with Crippen molar-refractivity contribution in [1.82, 2.24) is 9.78 Å². The lowest BCUT2D eigenvalue weighted by atomic mass is 10.1. The van der Waals surface area contributed by atoms with E-state index < -0.39 is 0 Å². The Kier molecular flexibility index (Phi) is 5.43. The molecule has 4 nitrogen and oxygen atoms in total. The lowest BCUT2D eigenvalue weighted by molar-refractivity contribution is 0.513. The second-order valence-corrected chi connectivity index (χ2v) is 5.54. The van der Waals surface area contributed by atoms with Gasteiger partial charge in [0.15, 0.2) is 0 Å². The smallest absolute Gasteiger partial charge is 0.268 e. The molecule has 0 bridgehead atoms. The zero-order valence-electron chi connectivity index (χ0n) is 11.9. The van der Waals surface area contributed by atoms with E-state index in [2.05, 4.69) is 17.3 Å². The number of hydrogen-bond acceptors (Lipinski definition) is 3. The van der Waals surface area contributed by atoms with E-state index in [4.69, 9.17) is 0 Å². The highest BCUT2D eigenvalue weighted by atomic mass is 16.1. The standard InChI is InChI=1S/C15H25N3O/c1-2-3-4-5-6-9-18-15(19)10-14(12-17-18)16-11-13-7-8-13/h10,12-13,16H,2-9,11H2,1H3. The molecule has 1 saturated carbocycles. The van der Waals surface area contributed by atoms with Gasteiger partial charge in [-0.25, -0.2) is 4.68 Å². The number of rotatable bonds is 9. The van der Waals surface area contributed by atoms with Crippen LogP contribution in [0.25, 0.3) is 0 Å². The molecule has 1 aromatic heterocycles. The molecule has 1 heterocycles. The number of nitrogens with zero attached hydrogens (tertiary/aromatic N) is 2. The molecule has 0 radical (unpaired) electrons. The van der Waals surface area contributed by atoms with Crippen LogP contribution in [0.1, 0.15) is 51.9 Å². The monoisotopic (exact) mass is 263 g/mol. The number of nitrogens with one attached hydrogen (secondary N) is 1. The maximum atomic E-state index is 11.9. The molecule has 0 aliphatic heterocycles. The highest BCUT2D eigenvalue weighted by molar-refractivity contribution is 5.38. The van der Waals surface area contributed by atoms with Crippen molar-refractivity contribution in [1.29, 1.82) is 0 Å². The summed E-state index contributed by atoms with van der Waals surface area (Å²) >= 11 is 0. The largest absolute Gasteiger partial charge is 0.383 e. The van der Waals surface area contributed by atoms with Crippen molar-refractivity contribution >= 4 is 5.69 Å². The van der Waals surface area contributed by atoms with Gasteiger partial charge >= 0.3 is 0 Å². The van der Waals surface area contributed by atoms with Crippen molar-refractivity contribution in [3.63, 3.8) is 0 Å². The first-order valence-corrected chi connectivity index (χ1v) is 7.60. The lowest BCUT2D eigenvalue weighted by Gasteiger charge is -2.07. The third kappa shape index (κ3) is 5.05. The van der Waals surface area contributed by atoms with Crippen molar-refractivity contribution < 1.29 is 0 Å². The molecule has 1 N–H and O–H groups in total. The first kappa shape index (κ1) is 14.1. The van der Waals surface area contributed by atoms with Crippen molar-refractivity contribution in [3.8, 4) is 0 Å². The van der Waals surface area contributed by atoms with E-state index in [9.17, 15) is 4.79 Å². The van der Waals surface area contributed by atoms with Crippen LogP contribution in [0, 0.1) is 5.92 Å². The number of unbranched alkanes of at least 4 members (excludes halogenated alkanes) is 4. The van der Waals surface area contributed by atoms with Gasteiger partial charge in [0, 0.05) is 19.2 Å². The van der Waals surface area contributed by atoms with E-state index in [1.807, 2.05) is 0 Å². The summed E-state index contributed by atoms with van der Waals surface area (Å²) in [4.78, 5) is 11.9. The van der Waals surface area contributed by atoms with Crippen molar-refractivity contribution in [2.45, 2.75) is 58.4 Å². The summed E-state index contributed by atoms with van der Waals surface area (Å²) in [5, 5.41) is 7.52. The van der Waals surface area contributed by atoms with E-state index >= 15 is 0 Å². The van der Waals surface area contributed by atoms with Gasteiger partial charge in [-0.1, -0.05) is 32.6 Å². The lowest BCUT2D eigenvalue weighted by Crippen LogP contribution is -2.23. The highest BCUT2D eigenvalue weighted by Crippen LogP contribution is 2.28. The third-order valence-electron chi connectivity index (χ3n) is 3.63. The highest BCUT2D eigenvalue weighted by Gasteiger charge is 2.20. The van der Waals surface area contributed by atoms with Crippen LogP contribution in [0.4, 0.5) is 5.69 Å². The molecule has 1 aliphatic carbocycles. The Morgan fingerprint density at radius 1 is 1.32 bits per heavy atom. The van der Waals surface area contributed by atoms with E-state index in [1.165, 1.54) is 38.5 Å². The van der Waals surface area contributed by atoms with Crippen LogP contribution in [-0.2, 0) is 6.54 Å². The number of aryl methyl sites for hydroxylation is 1. The van der Waals surface area contributed by atoms with Crippen LogP contribution in [0.5, 0.6) is 0 Å². The Morgan fingerprint density at radius 3 is 2.79 bits per heavy atom. The molecule has 0 aromatic carbocycles. The van der Waals surface area contributed by atoms with Gasteiger partial charge in [0.1, 0.15) is 0 Å². The SMILES string of the molecule is CCCCCCCn1ncc(NCC2CC2)cc1=O. The van der Waals surface area contributed by atoms with Gasteiger partial charge in [-0.05, 0) is 25.2 Å². The number of anilines is 1. The molecule has 19 heavy (non-hydrogen) atoms. The summed E-state index contributed by atoms with van der Waals surface area (Å²) < 4.78 is 1.58. The van der Waals surface area contributed by atoms with Crippen molar-refractivity contribution in [2.24, 2.45) is 5.92 Å². The Labute approximate surface area is 115 Å². The Hall–Kier alpha value is -1.32. The fourth-order valence-corrected chi connectivity index (χ4v) is 2.15. The molecule has 0 atom stereocenters. The summed E-state index contributed by atoms with van der Waals surface area (Å²) in [6.07, 6.45) is 10.4. The summed E-state index contributed by atoms with van der Waals surface area (Å²) in [6, 6.07) is 1.67. The van der Waals surface area contributed by atoms with Crippen LogP contribution < -0.4 is 10.9 Å². The fraction of sp³-hybridized carbons (Fsp3) is 0.733. The van der Waals surface area contributed by atoms with Gasteiger partial charge in [0.05, 0.1) is 11.9 Å². The average Bonchev–Trinajstić information content (AvgIpc) is 3.22. The fourth-order valence-electron chi connectivity index (χ4n) is 2.15. The van der Waals surface area contributed by atoms with Gasteiger partial charge < -0.3 is 5.32 Å². The van der Waals surface area contributed by atoms with E-state index in [0.29, 0.717) is 0 Å². The van der Waals surface area contributed by atoms with E-state index in [0.717, 1.165) is 31.1 Å². The normalized spacial score (nSPS) is 14.6. The summed E-state index contributed by atoms with van der Waals surface area (Å²) in [7, 11) is 0. The summed E-state index contributed by atoms with van der Waals surface area (Å²) in [5.41, 5.74) is 0.871. The van der Waals surface area contributed by atoms with Gasteiger partial charge in [0.25, 0.3) is 5.56 Å². The Balaban J connectivity index is 1.75. The van der Waals surface area contributed by atoms with Crippen LogP contribution >= 0.6 is 0 Å². The molecule has 1 aromatic rings. The molecule has 0 amide bonds. The van der Waals surface area contributed by atoms with Gasteiger partial charge in [0.2, 0.25) is 0 Å². The molecule has 0 spiro atoms. The Morgan fingerprint density at radius 2 is 2.11 bits per heavy atom. The quantitative estimate of drug-likeness (QED) is 0.697. The van der Waals surface area contributed by atoms with Crippen LogP contribution in [0.3, 0.4) is 0 Å². The second kappa shape index (κ2) is 7.31. The van der Waals surface area contributed by atoms with Crippen molar-refractivity contribution in [2.75, 3.05) is 11.9 Å². The molecule has 0 saturated heterocycles. The van der Waals surface area contributed by atoms with Gasteiger partial charge in [-0.2, -0.15) is 5.10 Å². The molecule has 1 fully saturated rings. The molecule has 0 unspecified atom stereocenters. The molecule has 2 rings (SSSR count). The van der Waals surface area contributed by atoms with Crippen LogP contribution in [-0.4, -0.2) is 16.3 Å². The maximum Gasteiger partial charge on any atom is 0.268 e. The minimum Gasteiger partial charge on any atom is -0.383 e. The predicted molar refractivity (Wildman–Crippen MR) is 78.5 cm³/mol. The minimum atomic E-state index is 0.0105. The Bertz CT molecular complexity index is 437. The molecule has 106 valence electrons. The van der Waals surface area contributed by atoms with Gasteiger partial charge in [-0.15, -0.1) is 0 Å². The number of hydrogen-bond donors (Lipinski definition) is 1. The van der Waals surface area contributed by atoms with Crippen molar-refractivity contribution in [3.05, 3.63) is 22.6 Å². The zero-order valence-corrected chi connectivity index (χ0v) is 11.9. The summed E-state index contributed by atoms with van der Waals surface area (Å²) in [6.45, 7) is 3.92. The summed E-state index contributed by atoms with van der Waals surface area (Å²) in [5.74, 6) is 0.806. The molecule has 4 heteroatoms. The molecule has 1 aliphatic rings. The average molecular weight is 263 g/mol. The minimum absolute atomic E-state index is 0.0105. The van der Waals surface area contributed by atoms with Crippen LogP contribution in [0.15, 0.2) is 17.1 Å². The predicted octanol–water partition coefficient (Wildman–Crippen LogP) is 3.04. The first-order valence-electron chi connectivity index (χ1n) is 7.60. The van der Waals surface area contributed by atoms with Gasteiger partial charge in [-0.3, -0.25) is 4.79 Å². The third-order valence-corrected chi connectivity index (χ3v) is 3.63. The first-order chi connectivity index (χ1) is 9.29.